The van der Waals surface area contributed by atoms with E-state index in [1.54, 1.807) is 6.07 Å². The molecule has 0 N–H and O–H groups in total. The highest BCUT2D eigenvalue weighted by Crippen LogP contribution is 2.11. The van der Waals surface area contributed by atoms with Gasteiger partial charge in [-0.15, -0.1) is 0 Å². The first-order valence-electron chi connectivity index (χ1n) is 5.64. The molecule has 0 fully saturated rings. The van der Waals surface area contributed by atoms with E-state index >= 15 is 0 Å². The molecular weight excluding hydrogens is 228 g/mol. The normalized spacial score (nSPS) is 10.1. The third-order valence-corrected chi connectivity index (χ3v) is 2.58. The molecule has 2 aromatic rings. The molecule has 0 radical (unpaired) electrons. The Bertz CT molecular complexity index is 567. The highest BCUT2D eigenvalue weighted by Gasteiger charge is 2.10. The molecule has 0 amide bonds. The van der Waals surface area contributed by atoms with E-state index in [9.17, 15) is 4.79 Å². The summed E-state index contributed by atoms with van der Waals surface area (Å²) < 4.78 is 4.97. The van der Waals surface area contributed by atoms with Gasteiger partial charge in [-0.3, -0.25) is 4.79 Å². The summed E-state index contributed by atoms with van der Waals surface area (Å²) >= 11 is 0. The number of hydrogen-bond donors (Lipinski definition) is 0. The van der Waals surface area contributed by atoms with Gasteiger partial charge in [0.2, 0.25) is 5.88 Å². The van der Waals surface area contributed by atoms with Gasteiger partial charge in [-0.1, -0.05) is 29.8 Å². The second-order valence-corrected chi connectivity index (χ2v) is 4.03. The van der Waals surface area contributed by atoms with Gasteiger partial charge in [0.15, 0.2) is 5.78 Å². The van der Waals surface area contributed by atoms with Crippen LogP contribution in [-0.2, 0) is 6.42 Å². The van der Waals surface area contributed by atoms with Crippen LogP contribution < -0.4 is 4.74 Å². The van der Waals surface area contributed by atoms with Gasteiger partial charge in [-0.2, -0.15) is 0 Å². The van der Waals surface area contributed by atoms with Crippen LogP contribution in [0, 0.1) is 6.92 Å². The second kappa shape index (κ2) is 5.40. The summed E-state index contributed by atoms with van der Waals surface area (Å²) in [6.45, 7) is 2.00. The van der Waals surface area contributed by atoms with Gasteiger partial charge in [-0.05, 0) is 12.5 Å². The molecule has 0 unspecified atom stereocenters. The first kappa shape index (κ1) is 12.2. The fourth-order valence-corrected chi connectivity index (χ4v) is 1.70. The van der Waals surface area contributed by atoms with E-state index < -0.39 is 0 Å². The number of rotatable bonds is 4. The number of ketones is 1. The van der Waals surface area contributed by atoms with E-state index in [1.165, 1.54) is 13.4 Å². The molecule has 1 aromatic heterocycles. The highest BCUT2D eigenvalue weighted by atomic mass is 16.5. The van der Waals surface area contributed by atoms with Gasteiger partial charge < -0.3 is 4.74 Å². The fraction of sp³-hybridized carbons (Fsp3) is 0.214. The molecular formula is C14H14N2O2. The molecule has 0 atom stereocenters. The van der Waals surface area contributed by atoms with Crippen LogP contribution in [0.2, 0.25) is 0 Å². The molecule has 0 saturated carbocycles. The Hall–Kier alpha value is -2.23. The van der Waals surface area contributed by atoms with Gasteiger partial charge in [0.05, 0.1) is 7.11 Å². The number of carbonyl (C=O) groups is 1. The predicted molar refractivity (Wildman–Crippen MR) is 67.8 cm³/mol. The van der Waals surface area contributed by atoms with Crippen LogP contribution in [0.5, 0.6) is 5.88 Å². The lowest BCUT2D eigenvalue weighted by Crippen LogP contribution is -2.07. The summed E-state index contributed by atoms with van der Waals surface area (Å²) in [7, 11) is 1.51. The molecule has 0 saturated heterocycles. The van der Waals surface area contributed by atoms with Crippen LogP contribution in [0.15, 0.2) is 36.7 Å². The Labute approximate surface area is 106 Å². The lowest BCUT2D eigenvalue weighted by atomic mass is 10.0. The van der Waals surface area contributed by atoms with Crippen molar-refractivity contribution in [1.82, 2.24) is 9.97 Å². The third kappa shape index (κ3) is 2.91. The van der Waals surface area contributed by atoms with Crippen LogP contribution in [0.3, 0.4) is 0 Å². The lowest BCUT2D eigenvalue weighted by Gasteiger charge is -2.03. The smallest absolute Gasteiger partial charge is 0.216 e. The molecule has 1 aromatic carbocycles. The summed E-state index contributed by atoms with van der Waals surface area (Å²) in [6.07, 6.45) is 1.67. The number of aromatic nitrogens is 2. The maximum atomic E-state index is 12.0. The van der Waals surface area contributed by atoms with Gasteiger partial charge in [0.25, 0.3) is 0 Å². The number of nitrogens with zero attached hydrogens (tertiary/aromatic N) is 2. The van der Waals surface area contributed by atoms with Gasteiger partial charge in [-0.25, -0.2) is 9.97 Å². The summed E-state index contributed by atoms with van der Waals surface area (Å²) in [5.41, 5.74) is 2.50. The van der Waals surface area contributed by atoms with Crippen molar-refractivity contribution < 1.29 is 9.53 Å². The number of Topliss-reactive ketones (excluding diaryl/α,β-unsaturated/α-hetero) is 1. The summed E-state index contributed by atoms with van der Waals surface area (Å²) in [4.78, 5) is 19.9. The van der Waals surface area contributed by atoms with Crippen LogP contribution in [-0.4, -0.2) is 22.9 Å². The van der Waals surface area contributed by atoms with Gasteiger partial charge >= 0.3 is 0 Å². The minimum Gasteiger partial charge on any atom is -0.481 e. The van der Waals surface area contributed by atoms with Crippen molar-refractivity contribution in [2.24, 2.45) is 0 Å². The van der Waals surface area contributed by atoms with Crippen molar-refractivity contribution in [3.63, 3.8) is 0 Å². The average molecular weight is 242 g/mol. The molecule has 0 bridgehead atoms. The first-order chi connectivity index (χ1) is 8.69. The maximum absolute atomic E-state index is 12.0. The van der Waals surface area contributed by atoms with Crippen molar-refractivity contribution in [1.29, 1.82) is 0 Å². The van der Waals surface area contributed by atoms with E-state index in [4.69, 9.17) is 4.74 Å². The Balaban J connectivity index is 2.16. The minimum absolute atomic E-state index is 0.0405. The Kier molecular flexibility index (Phi) is 3.67. The van der Waals surface area contributed by atoms with Crippen LogP contribution in [0.1, 0.15) is 21.6 Å². The second-order valence-electron chi connectivity index (χ2n) is 4.03. The molecule has 2 rings (SSSR count). The van der Waals surface area contributed by atoms with E-state index in [0.717, 1.165) is 11.1 Å². The maximum Gasteiger partial charge on any atom is 0.216 e. The van der Waals surface area contributed by atoms with E-state index in [0.29, 0.717) is 18.0 Å². The molecule has 1 heterocycles. The Morgan fingerprint density at radius 3 is 2.83 bits per heavy atom. The van der Waals surface area contributed by atoms with E-state index in [1.807, 2.05) is 31.2 Å². The topological polar surface area (TPSA) is 52.1 Å². The summed E-state index contributed by atoms with van der Waals surface area (Å²) in [6, 6.07) is 9.43. The van der Waals surface area contributed by atoms with Gasteiger partial charge in [0.1, 0.15) is 12.0 Å². The molecule has 0 aliphatic heterocycles. The number of ether oxygens (including phenoxy) is 1. The number of benzene rings is 1. The van der Waals surface area contributed by atoms with Crippen molar-refractivity contribution in [3.8, 4) is 5.88 Å². The van der Waals surface area contributed by atoms with Crippen molar-refractivity contribution in [3.05, 3.63) is 53.5 Å². The molecule has 4 nitrogen and oxygen atoms in total. The number of carbonyl (C=O) groups excluding carboxylic acids is 1. The van der Waals surface area contributed by atoms with Crippen molar-refractivity contribution in [2.45, 2.75) is 13.3 Å². The van der Waals surface area contributed by atoms with Crippen LogP contribution in [0.25, 0.3) is 0 Å². The van der Waals surface area contributed by atoms with Gasteiger partial charge in [0, 0.05) is 12.5 Å². The fourth-order valence-electron chi connectivity index (χ4n) is 1.70. The highest BCUT2D eigenvalue weighted by molar-refractivity contribution is 5.95. The molecule has 0 aliphatic carbocycles. The zero-order chi connectivity index (χ0) is 13.0. The monoisotopic (exact) mass is 242 g/mol. The Morgan fingerprint density at radius 1 is 1.28 bits per heavy atom. The quantitative estimate of drug-likeness (QED) is 0.771. The minimum atomic E-state index is -0.0405. The van der Waals surface area contributed by atoms with Crippen LogP contribution >= 0.6 is 0 Å². The molecule has 18 heavy (non-hydrogen) atoms. The zero-order valence-electron chi connectivity index (χ0n) is 10.4. The number of hydrogen-bond acceptors (Lipinski definition) is 4. The third-order valence-electron chi connectivity index (χ3n) is 2.58. The predicted octanol–water partition coefficient (Wildman–Crippen LogP) is 2.22. The lowest BCUT2D eigenvalue weighted by molar-refractivity contribution is 0.0987. The molecule has 0 spiro atoms. The average Bonchev–Trinajstić information content (AvgIpc) is 2.39. The molecule has 4 heteroatoms. The van der Waals surface area contributed by atoms with E-state index in [-0.39, 0.29) is 5.78 Å². The number of methoxy groups -OCH3 is 1. The summed E-state index contributed by atoms with van der Waals surface area (Å²) in [5, 5.41) is 0. The standard InChI is InChI=1S/C14H14N2O2/c1-10-4-3-5-11(6-10)7-13(17)12-8-14(18-2)16-9-15-12/h3-6,8-9H,7H2,1-2H3. The largest absolute Gasteiger partial charge is 0.481 e. The van der Waals surface area contributed by atoms with Crippen molar-refractivity contribution in [2.75, 3.05) is 7.11 Å². The zero-order valence-corrected chi connectivity index (χ0v) is 10.4. The van der Waals surface area contributed by atoms with Crippen LogP contribution in [0.4, 0.5) is 0 Å². The Morgan fingerprint density at radius 2 is 2.11 bits per heavy atom. The SMILES string of the molecule is COc1cc(C(=O)Cc2cccc(C)c2)ncn1. The van der Waals surface area contributed by atoms with Crippen molar-refractivity contribution >= 4 is 5.78 Å². The number of aryl methyl sites for hydroxylation is 1. The molecule has 92 valence electrons. The first-order valence-corrected chi connectivity index (χ1v) is 5.64. The van der Waals surface area contributed by atoms with E-state index in [2.05, 4.69) is 9.97 Å². The molecule has 0 aliphatic rings. The summed E-state index contributed by atoms with van der Waals surface area (Å²) in [5.74, 6) is 0.360.